The lowest BCUT2D eigenvalue weighted by Gasteiger charge is -2.09. The summed E-state index contributed by atoms with van der Waals surface area (Å²) in [7, 11) is 3.23. The zero-order chi connectivity index (χ0) is 21.7. The Bertz CT molecular complexity index is 965. The van der Waals surface area contributed by atoms with Crippen LogP contribution in [0.25, 0.3) is 0 Å². The summed E-state index contributed by atoms with van der Waals surface area (Å²) in [5, 5.41) is 2.97. The van der Waals surface area contributed by atoms with Gasteiger partial charge in [0.2, 0.25) is 6.54 Å². The highest BCUT2D eigenvalue weighted by molar-refractivity contribution is 7.18. The lowest BCUT2D eigenvalue weighted by molar-refractivity contribution is -0.684. The number of anilines is 1. The minimum Gasteiger partial charge on any atom is -0.462 e. The second-order valence-electron chi connectivity index (χ2n) is 6.55. The lowest BCUT2D eigenvalue weighted by atomic mass is 10.1. The third-order valence-electron chi connectivity index (χ3n) is 4.07. The van der Waals surface area contributed by atoms with Crippen LogP contribution in [0.15, 0.2) is 24.5 Å². The first-order valence-corrected chi connectivity index (χ1v) is 9.79. The number of hydrogen-bond donors (Lipinski definition) is 1. The highest BCUT2D eigenvalue weighted by Gasteiger charge is 2.27. The van der Waals surface area contributed by atoms with Gasteiger partial charge in [-0.1, -0.05) is 0 Å². The van der Waals surface area contributed by atoms with E-state index in [0.29, 0.717) is 16.0 Å². The van der Waals surface area contributed by atoms with Crippen molar-refractivity contribution in [1.29, 1.82) is 0 Å². The molecule has 29 heavy (non-hydrogen) atoms. The number of carbonyl (C=O) groups excluding carboxylic acids is 4. The van der Waals surface area contributed by atoms with Gasteiger partial charge in [-0.2, -0.15) is 4.57 Å². The van der Waals surface area contributed by atoms with Crippen molar-refractivity contribution in [2.45, 2.75) is 27.3 Å². The molecule has 154 valence electrons. The molecule has 0 saturated heterocycles. The molecule has 0 radical (unpaired) electrons. The molecule has 0 aliphatic carbocycles. The van der Waals surface area contributed by atoms with Gasteiger partial charge in [0.25, 0.3) is 11.8 Å². The fourth-order valence-electron chi connectivity index (χ4n) is 2.62. The maximum Gasteiger partial charge on any atom is 0.341 e. The highest BCUT2D eigenvalue weighted by atomic mass is 32.1. The Morgan fingerprint density at radius 2 is 1.93 bits per heavy atom. The molecule has 0 aromatic carbocycles. The smallest absolute Gasteiger partial charge is 0.341 e. The molecule has 2 rings (SSSR count). The number of Topliss-reactive ketones (excluding diaryl/α,β-unsaturated/α-hetero) is 1. The van der Waals surface area contributed by atoms with Crippen molar-refractivity contribution >= 4 is 39.9 Å². The standard InChI is InChI=1S/C20H23N3O5S/c1-6-28-20(27)16-12(2)17(19(26)22(4)5)29-18(16)21-15(25)11-23-9-7-8-14(10-23)13(3)24/h7-10H,6,11H2,1-5H3/p+1. The first-order chi connectivity index (χ1) is 13.6. The van der Waals surface area contributed by atoms with E-state index in [0.717, 1.165) is 11.3 Å². The number of nitrogens with zero attached hydrogens (tertiary/aromatic N) is 2. The van der Waals surface area contributed by atoms with Crippen molar-refractivity contribution in [1.82, 2.24) is 4.90 Å². The summed E-state index contributed by atoms with van der Waals surface area (Å²) in [5.74, 6) is -1.36. The van der Waals surface area contributed by atoms with Crippen molar-refractivity contribution in [2.75, 3.05) is 26.0 Å². The number of rotatable bonds is 7. The Kier molecular flexibility index (Phi) is 7.22. The lowest BCUT2D eigenvalue weighted by Crippen LogP contribution is -2.40. The summed E-state index contributed by atoms with van der Waals surface area (Å²) in [6, 6.07) is 3.34. The molecule has 0 unspecified atom stereocenters. The molecule has 9 heteroatoms. The molecular formula is C20H24N3O5S+. The summed E-state index contributed by atoms with van der Waals surface area (Å²) >= 11 is 1.04. The third-order valence-corrected chi connectivity index (χ3v) is 5.27. The van der Waals surface area contributed by atoms with E-state index in [4.69, 9.17) is 4.74 Å². The summed E-state index contributed by atoms with van der Waals surface area (Å²) in [4.78, 5) is 50.7. The van der Waals surface area contributed by atoms with Crippen LogP contribution in [0.3, 0.4) is 0 Å². The van der Waals surface area contributed by atoms with Crippen LogP contribution in [0.1, 0.15) is 49.8 Å². The number of ether oxygens (including phenoxy) is 1. The number of pyridine rings is 1. The summed E-state index contributed by atoms with van der Waals surface area (Å²) in [6.07, 6.45) is 3.24. The van der Waals surface area contributed by atoms with Crippen LogP contribution in [-0.4, -0.2) is 49.2 Å². The second kappa shape index (κ2) is 9.42. The van der Waals surface area contributed by atoms with Gasteiger partial charge in [-0.05, 0) is 32.4 Å². The van der Waals surface area contributed by atoms with Crippen LogP contribution in [0.4, 0.5) is 5.00 Å². The average molecular weight is 418 g/mol. The van der Waals surface area contributed by atoms with Gasteiger partial charge >= 0.3 is 5.97 Å². The molecule has 0 atom stereocenters. The van der Waals surface area contributed by atoms with Crippen LogP contribution in [0.5, 0.6) is 0 Å². The number of hydrogen-bond acceptors (Lipinski definition) is 6. The van der Waals surface area contributed by atoms with Gasteiger partial charge in [-0.3, -0.25) is 14.4 Å². The van der Waals surface area contributed by atoms with Crippen molar-refractivity contribution in [3.63, 3.8) is 0 Å². The Hall–Kier alpha value is -3.07. The molecule has 2 aromatic rings. The number of thiophene rings is 1. The maximum absolute atomic E-state index is 12.6. The van der Waals surface area contributed by atoms with Crippen LogP contribution in [-0.2, 0) is 16.1 Å². The van der Waals surface area contributed by atoms with Gasteiger partial charge in [-0.15, -0.1) is 11.3 Å². The molecule has 0 saturated carbocycles. The predicted molar refractivity (Wildman–Crippen MR) is 108 cm³/mol. The molecule has 0 aliphatic heterocycles. The first-order valence-electron chi connectivity index (χ1n) is 8.97. The van der Waals surface area contributed by atoms with Gasteiger partial charge < -0.3 is 15.0 Å². The number of nitrogens with one attached hydrogen (secondary N) is 1. The Labute approximate surface area is 173 Å². The van der Waals surface area contributed by atoms with Crippen LogP contribution in [0, 0.1) is 6.92 Å². The van der Waals surface area contributed by atoms with E-state index in [2.05, 4.69) is 5.32 Å². The van der Waals surface area contributed by atoms with E-state index in [-0.39, 0.29) is 35.4 Å². The van der Waals surface area contributed by atoms with Crippen LogP contribution >= 0.6 is 11.3 Å². The summed E-state index contributed by atoms with van der Waals surface area (Å²) in [5.41, 5.74) is 1.13. The minimum absolute atomic E-state index is 0.0582. The Morgan fingerprint density at radius 3 is 2.52 bits per heavy atom. The molecule has 2 heterocycles. The van der Waals surface area contributed by atoms with E-state index in [1.54, 1.807) is 57.0 Å². The topological polar surface area (TPSA) is 96.7 Å². The van der Waals surface area contributed by atoms with Crippen LogP contribution < -0.4 is 9.88 Å². The summed E-state index contributed by atoms with van der Waals surface area (Å²) < 4.78 is 6.67. The SMILES string of the molecule is CCOC(=O)c1c(NC(=O)C[n+]2cccc(C(C)=O)c2)sc(C(=O)N(C)C)c1C. The third kappa shape index (κ3) is 5.26. The highest BCUT2D eigenvalue weighted by Crippen LogP contribution is 2.34. The first kappa shape index (κ1) is 22.2. The number of aromatic nitrogens is 1. The van der Waals surface area contributed by atoms with Crippen molar-refractivity contribution in [3.05, 3.63) is 46.1 Å². The molecule has 2 amide bonds. The molecular weight excluding hydrogens is 394 g/mol. The molecule has 1 N–H and O–H groups in total. The Balaban J connectivity index is 2.32. The number of ketones is 1. The summed E-state index contributed by atoms with van der Waals surface area (Å²) in [6.45, 7) is 4.90. The molecule has 2 aromatic heterocycles. The largest absolute Gasteiger partial charge is 0.462 e. The quantitative estimate of drug-likeness (QED) is 0.422. The molecule has 0 aliphatic rings. The zero-order valence-electron chi connectivity index (χ0n) is 17.1. The fourth-order valence-corrected chi connectivity index (χ4v) is 3.85. The van der Waals surface area contributed by atoms with E-state index in [1.165, 1.54) is 11.8 Å². The Morgan fingerprint density at radius 1 is 1.24 bits per heavy atom. The van der Waals surface area contributed by atoms with Gasteiger partial charge in [-0.25, -0.2) is 4.79 Å². The van der Waals surface area contributed by atoms with E-state index in [1.807, 2.05) is 0 Å². The zero-order valence-corrected chi connectivity index (χ0v) is 17.9. The number of amides is 2. The van der Waals surface area contributed by atoms with Gasteiger partial charge in [0.05, 0.1) is 22.6 Å². The number of carbonyl (C=O) groups is 4. The van der Waals surface area contributed by atoms with Gasteiger partial charge in [0.15, 0.2) is 18.2 Å². The van der Waals surface area contributed by atoms with E-state index >= 15 is 0 Å². The molecule has 0 bridgehead atoms. The van der Waals surface area contributed by atoms with Crippen molar-refractivity contribution in [3.8, 4) is 0 Å². The normalized spacial score (nSPS) is 10.4. The van der Waals surface area contributed by atoms with Gasteiger partial charge in [0, 0.05) is 20.2 Å². The molecule has 0 spiro atoms. The van der Waals surface area contributed by atoms with Crippen LogP contribution in [0.2, 0.25) is 0 Å². The maximum atomic E-state index is 12.6. The minimum atomic E-state index is -0.597. The monoisotopic (exact) mass is 418 g/mol. The number of esters is 1. The molecule has 8 nitrogen and oxygen atoms in total. The second-order valence-corrected chi connectivity index (χ2v) is 7.57. The van der Waals surface area contributed by atoms with E-state index < -0.39 is 11.9 Å². The fraction of sp³-hybridized carbons (Fsp3) is 0.350. The molecule has 0 fully saturated rings. The predicted octanol–water partition coefficient (Wildman–Crippen LogP) is 2.06. The van der Waals surface area contributed by atoms with Crippen molar-refractivity contribution in [2.24, 2.45) is 0 Å². The average Bonchev–Trinajstić information content (AvgIpc) is 2.97. The van der Waals surface area contributed by atoms with Gasteiger partial charge in [0.1, 0.15) is 5.00 Å². The van der Waals surface area contributed by atoms with Crippen molar-refractivity contribution < 1.29 is 28.5 Å². The van der Waals surface area contributed by atoms with E-state index in [9.17, 15) is 19.2 Å².